The summed E-state index contributed by atoms with van der Waals surface area (Å²) in [6, 6.07) is 9.97. The second-order valence-electron chi connectivity index (χ2n) is 6.28. The van der Waals surface area contributed by atoms with Crippen molar-refractivity contribution >= 4 is 11.9 Å². The summed E-state index contributed by atoms with van der Waals surface area (Å²) < 4.78 is 0. The summed E-state index contributed by atoms with van der Waals surface area (Å²) in [6.07, 6.45) is 5.38. The third-order valence-electron chi connectivity index (χ3n) is 4.42. The number of benzene rings is 1. The SMILES string of the molecule is CC1CCCCC1NC(=O)NCC(=O)NCCc1ccccc1. The third-order valence-corrected chi connectivity index (χ3v) is 4.42. The molecule has 1 fully saturated rings. The summed E-state index contributed by atoms with van der Waals surface area (Å²) in [4.78, 5) is 23.6. The molecule has 0 radical (unpaired) electrons. The maximum Gasteiger partial charge on any atom is 0.315 e. The van der Waals surface area contributed by atoms with Gasteiger partial charge in [0.15, 0.2) is 0 Å². The minimum absolute atomic E-state index is 0.0156. The largest absolute Gasteiger partial charge is 0.354 e. The highest BCUT2D eigenvalue weighted by Crippen LogP contribution is 2.23. The molecule has 1 saturated carbocycles. The van der Waals surface area contributed by atoms with Gasteiger partial charge in [0.1, 0.15) is 0 Å². The van der Waals surface area contributed by atoms with Crippen LogP contribution in [-0.2, 0) is 11.2 Å². The van der Waals surface area contributed by atoms with Gasteiger partial charge in [0, 0.05) is 12.6 Å². The normalized spacial score (nSPS) is 20.6. The molecule has 1 aromatic rings. The Hall–Kier alpha value is -2.04. The lowest BCUT2D eigenvalue weighted by atomic mass is 9.86. The first-order valence-corrected chi connectivity index (χ1v) is 8.50. The van der Waals surface area contributed by atoms with E-state index in [1.807, 2.05) is 30.3 Å². The number of nitrogens with one attached hydrogen (secondary N) is 3. The summed E-state index contributed by atoms with van der Waals surface area (Å²) in [6.45, 7) is 2.76. The predicted molar refractivity (Wildman–Crippen MR) is 91.1 cm³/mol. The van der Waals surface area contributed by atoms with Gasteiger partial charge in [0.2, 0.25) is 5.91 Å². The first kappa shape index (κ1) is 17.3. The van der Waals surface area contributed by atoms with Gasteiger partial charge in [0.05, 0.1) is 6.54 Å². The first-order valence-electron chi connectivity index (χ1n) is 8.50. The van der Waals surface area contributed by atoms with E-state index in [0.717, 1.165) is 25.7 Å². The Morgan fingerprint density at radius 2 is 1.83 bits per heavy atom. The maximum atomic E-state index is 11.9. The van der Waals surface area contributed by atoms with Gasteiger partial charge in [-0.25, -0.2) is 4.79 Å². The van der Waals surface area contributed by atoms with Crippen LogP contribution in [0.2, 0.25) is 0 Å². The zero-order chi connectivity index (χ0) is 16.5. The van der Waals surface area contributed by atoms with Gasteiger partial charge in [-0.15, -0.1) is 0 Å². The minimum Gasteiger partial charge on any atom is -0.354 e. The lowest BCUT2D eigenvalue weighted by Gasteiger charge is -2.29. The number of rotatable bonds is 6. The fourth-order valence-electron chi connectivity index (χ4n) is 2.96. The van der Waals surface area contributed by atoms with Crippen LogP contribution in [0.1, 0.15) is 38.2 Å². The van der Waals surface area contributed by atoms with Crippen LogP contribution in [0.3, 0.4) is 0 Å². The van der Waals surface area contributed by atoms with Crippen LogP contribution in [0.25, 0.3) is 0 Å². The molecule has 2 rings (SSSR count). The molecule has 23 heavy (non-hydrogen) atoms. The van der Waals surface area contributed by atoms with Gasteiger partial charge in [-0.2, -0.15) is 0 Å². The Morgan fingerprint density at radius 1 is 1.09 bits per heavy atom. The van der Waals surface area contributed by atoms with Crippen molar-refractivity contribution in [3.63, 3.8) is 0 Å². The van der Waals surface area contributed by atoms with Gasteiger partial charge in [-0.05, 0) is 30.7 Å². The molecule has 126 valence electrons. The molecule has 3 amide bonds. The fourth-order valence-corrected chi connectivity index (χ4v) is 2.96. The monoisotopic (exact) mass is 317 g/mol. The molecule has 0 aliphatic heterocycles. The molecule has 2 unspecified atom stereocenters. The van der Waals surface area contributed by atoms with Gasteiger partial charge < -0.3 is 16.0 Å². The van der Waals surface area contributed by atoms with Crippen molar-refractivity contribution in [3.8, 4) is 0 Å². The lowest BCUT2D eigenvalue weighted by molar-refractivity contribution is -0.120. The Kier molecular flexibility index (Phi) is 6.91. The number of carbonyl (C=O) groups excluding carboxylic acids is 2. The number of carbonyl (C=O) groups is 2. The van der Waals surface area contributed by atoms with E-state index in [1.165, 1.54) is 12.0 Å². The Morgan fingerprint density at radius 3 is 2.57 bits per heavy atom. The van der Waals surface area contributed by atoms with Crippen molar-refractivity contribution in [3.05, 3.63) is 35.9 Å². The van der Waals surface area contributed by atoms with Gasteiger partial charge in [-0.1, -0.05) is 50.1 Å². The lowest BCUT2D eigenvalue weighted by Crippen LogP contribution is -2.48. The predicted octanol–water partition coefficient (Wildman–Crippen LogP) is 2.22. The van der Waals surface area contributed by atoms with E-state index in [0.29, 0.717) is 12.5 Å². The van der Waals surface area contributed by atoms with Gasteiger partial charge in [-0.3, -0.25) is 4.79 Å². The molecule has 0 heterocycles. The van der Waals surface area contributed by atoms with E-state index in [4.69, 9.17) is 0 Å². The van der Waals surface area contributed by atoms with Crippen molar-refractivity contribution in [1.29, 1.82) is 0 Å². The molecule has 3 N–H and O–H groups in total. The van der Waals surface area contributed by atoms with Crippen LogP contribution in [-0.4, -0.2) is 31.1 Å². The Balaban J connectivity index is 1.59. The fraction of sp³-hybridized carbons (Fsp3) is 0.556. The summed E-state index contributed by atoms with van der Waals surface area (Å²) in [5.41, 5.74) is 1.18. The van der Waals surface area contributed by atoms with Crippen LogP contribution >= 0.6 is 0 Å². The molecular formula is C18H27N3O2. The summed E-state index contributed by atoms with van der Waals surface area (Å²) in [7, 11) is 0. The molecule has 5 heteroatoms. The summed E-state index contributed by atoms with van der Waals surface area (Å²) in [5, 5.41) is 8.43. The van der Waals surface area contributed by atoms with Crippen molar-refractivity contribution in [1.82, 2.24) is 16.0 Å². The standard InChI is InChI=1S/C18H27N3O2/c1-14-7-5-6-10-16(14)21-18(23)20-13-17(22)19-12-11-15-8-3-2-4-9-15/h2-4,8-9,14,16H,5-7,10-13H2,1H3,(H,19,22)(H2,20,21,23). The van der Waals surface area contributed by atoms with Crippen LogP contribution < -0.4 is 16.0 Å². The molecule has 5 nitrogen and oxygen atoms in total. The van der Waals surface area contributed by atoms with Gasteiger partial charge >= 0.3 is 6.03 Å². The zero-order valence-electron chi connectivity index (χ0n) is 13.8. The van der Waals surface area contributed by atoms with Crippen molar-refractivity contribution in [2.45, 2.75) is 45.1 Å². The number of amides is 3. The first-order chi connectivity index (χ1) is 11.1. The molecule has 0 spiro atoms. The molecule has 1 aliphatic carbocycles. The molecular weight excluding hydrogens is 290 g/mol. The van der Waals surface area contributed by atoms with E-state index in [-0.39, 0.29) is 24.5 Å². The van der Waals surface area contributed by atoms with Crippen molar-refractivity contribution < 1.29 is 9.59 Å². The van der Waals surface area contributed by atoms with Crippen molar-refractivity contribution in [2.75, 3.05) is 13.1 Å². The van der Waals surface area contributed by atoms with E-state index in [9.17, 15) is 9.59 Å². The highest BCUT2D eigenvalue weighted by Gasteiger charge is 2.22. The van der Waals surface area contributed by atoms with E-state index in [1.54, 1.807) is 0 Å². The molecule has 1 aliphatic rings. The molecule has 1 aromatic carbocycles. The highest BCUT2D eigenvalue weighted by molar-refractivity contribution is 5.83. The topological polar surface area (TPSA) is 70.2 Å². The third kappa shape index (κ3) is 6.30. The second kappa shape index (κ2) is 9.18. The molecule has 0 bridgehead atoms. The van der Waals surface area contributed by atoms with Gasteiger partial charge in [0.25, 0.3) is 0 Å². The maximum absolute atomic E-state index is 11.9. The smallest absolute Gasteiger partial charge is 0.315 e. The van der Waals surface area contributed by atoms with Crippen LogP contribution in [0, 0.1) is 5.92 Å². The quantitative estimate of drug-likeness (QED) is 0.753. The van der Waals surface area contributed by atoms with Crippen LogP contribution in [0.4, 0.5) is 4.79 Å². The van der Waals surface area contributed by atoms with E-state index >= 15 is 0 Å². The molecule has 0 saturated heterocycles. The van der Waals surface area contributed by atoms with E-state index < -0.39 is 0 Å². The average Bonchev–Trinajstić information content (AvgIpc) is 2.56. The van der Waals surface area contributed by atoms with Crippen LogP contribution in [0.5, 0.6) is 0 Å². The van der Waals surface area contributed by atoms with Crippen LogP contribution in [0.15, 0.2) is 30.3 Å². The second-order valence-corrected chi connectivity index (χ2v) is 6.28. The minimum atomic E-state index is -0.248. The highest BCUT2D eigenvalue weighted by atomic mass is 16.2. The van der Waals surface area contributed by atoms with Crippen molar-refractivity contribution in [2.24, 2.45) is 5.92 Å². The molecule has 0 aromatic heterocycles. The summed E-state index contributed by atoms with van der Waals surface area (Å²) >= 11 is 0. The summed E-state index contributed by atoms with van der Waals surface area (Å²) in [5.74, 6) is 0.349. The average molecular weight is 317 g/mol. The Bertz CT molecular complexity index is 504. The number of hydrogen-bond acceptors (Lipinski definition) is 2. The molecule has 2 atom stereocenters. The number of hydrogen-bond donors (Lipinski definition) is 3. The number of urea groups is 1. The zero-order valence-corrected chi connectivity index (χ0v) is 13.8. The van der Waals surface area contributed by atoms with E-state index in [2.05, 4.69) is 22.9 Å². The Labute approximate surface area is 138 Å².